The van der Waals surface area contributed by atoms with Crippen LogP contribution in [0.3, 0.4) is 0 Å². The molecule has 0 fully saturated rings. The Morgan fingerprint density at radius 1 is 0.432 bits per heavy atom. The van der Waals surface area contributed by atoms with Gasteiger partial charge in [0.1, 0.15) is 0 Å². The second-order valence-corrected chi connectivity index (χ2v) is 12.8. The maximum atomic E-state index is 11.8. The fourth-order valence-corrected chi connectivity index (χ4v) is 6.42. The lowest BCUT2D eigenvalue weighted by Crippen LogP contribution is -2.36. The highest BCUT2D eigenvalue weighted by Crippen LogP contribution is 2.42. The summed E-state index contributed by atoms with van der Waals surface area (Å²) >= 11 is 0. The number of phosphoric ester groups is 1. The summed E-state index contributed by atoms with van der Waals surface area (Å²) in [5.74, 6) is 0. The van der Waals surface area contributed by atoms with E-state index in [-0.39, 0.29) is 0 Å². The lowest BCUT2D eigenvalue weighted by Gasteiger charge is -2.43. The van der Waals surface area contributed by atoms with Gasteiger partial charge < -0.3 is 18.9 Å². The molecule has 0 aliphatic rings. The van der Waals surface area contributed by atoms with Crippen LogP contribution in [0.4, 0.5) is 0 Å². The summed E-state index contributed by atoms with van der Waals surface area (Å²) in [4.78, 5) is 23.6. The normalized spacial score (nSPS) is 12.5. The summed E-state index contributed by atoms with van der Waals surface area (Å²) in [5, 5.41) is 0. The molecule has 0 N–H and O–H groups in total. The van der Waals surface area contributed by atoms with Crippen LogP contribution < -0.4 is 9.79 Å². The first-order valence-corrected chi connectivity index (χ1v) is 18.1. The van der Waals surface area contributed by atoms with Gasteiger partial charge in [0.25, 0.3) is 0 Å². The lowest BCUT2D eigenvalue weighted by molar-refractivity contribution is -0.350. The van der Waals surface area contributed by atoms with Gasteiger partial charge in [0.15, 0.2) is 0 Å². The highest BCUT2D eigenvalue weighted by atomic mass is 31.2. The largest absolute Gasteiger partial charge is 0.790 e. The Bertz CT molecular complexity index is 481. The fraction of sp³-hybridized carbons (Fsp3) is 1.00. The number of unbranched alkanes of at least 4 members (excludes halogenated alkanes) is 22. The van der Waals surface area contributed by atoms with Crippen LogP contribution >= 0.6 is 7.82 Å². The van der Waals surface area contributed by atoms with Gasteiger partial charge >= 0.3 is 0 Å². The molecule has 224 valence electrons. The number of hydrogen-bond acceptors (Lipinski definition) is 4. The van der Waals surface area contributed by atoms with Crippen LogP contribution in [0.1, 0.15) is 201 Å². The van der Waals surface area contributed by atoms with E-state index >= 15 is 0 Å². The van der Waals surface area contributed by atoms with Crippen LogP contribution in [0.5, 0.6) is 0 Å². The molecule has 0 spiro atoms. The molecule has 4 nitrogen and oxygen atoms in total. The van der Waals surface area contributed by atoms with Crippen LogP contribution in [0.2, 0.25) is 0 Å². The zero-order valence-electron chi connectivity index (χ0n) is 25.4. The first-order valence-electron chi connectivity index (χ1n) is 16.6. The van der Waals surface area contributed by atoms with E-state index in [9.17, 15) is 14.4 Å². The van der Waals surface area contributed by atoms with Gasteiger partial charge in [-0.15, -0.1) is 0 Å². The van der Waals surface area contributed by atoms with E-state index in [1.54, 1.807) is 0 Å². The van der Waals surface area contributed by atoms with Gasteiger partial charge in [-0.25, -0.2) is 0 Å². The number of rotatable bonds is 30. The molecule has 0 aromatic heterocycles. The van der Waals surface area contributed by atoms with Crippen molar-refractivity contribution in [3.8, 4) is 0 Å². The van der Waals surface area contributed by atoms with Gasteiger partial charge in [-0.2, -0.15) is 0 Å². The molecular formula is C32H65O4P-2. The standard InChI is InChI=1S/C32H67O4P/c1-4-7-10-13-15-17-19-21-24-27-30-32(36-37(33,34)35,29-26-23-12-9-6-3)31-28-25-22-20-18-16-14-11-8-5-2/h4-31H2,1-3H3,(H2,33,34,35)/p-2. The van der Waals surface area contributed by atoms with Crippen molar-refractivity contribution in [1.29, 1.82) is 0 Å². The molecule has 0 unspecified atom stereocenters. The van der Waals surface area contributed by atoms with E-state index in [4.69, 9.17) is 4.52 Å². The van der Waals surface area contributed by atoms with E-state index in [1.807, 2.05) is 0 Å². The summed E-state index contributed by atoms with van der Waals surface area (Å²) in [6.45, 7) is 6.71. The minimum atomic E-state index is -5.01. The fourth-order valence-electron chi connectivity index (χ4n) is 5.67. The summed E-state index contributed by atoms with van der Waals surface area (Å²) in [7, 11) is -5.01. The van der Waals surface area contributed by atoms with Gasteiger partial charge in [0.2, 0.25) is 0 Å². The first-order chi connectivity index (χ1) is 17.9. The van der Waals surface area contributed by atoms with E-state index in [0.29, 0.717) is 19.3 Å². The van der Waals surface area contributed by atoms with Crippen molar-refractivity contribution in [1.82, 2.24) is 0 Å². The van der Waals surface area contributed by atoms with Crippen molar-refractivity contribution in [3.63, 3.8) is 0 Å². The van der Waals surface area contributed by atoms with Gasteiger partial charge in [0.05, 0.1) is 13.4 Å². The van der Waals surface area contributed by atoms with E-state index in [0.717, 1.165) is 38.5 Å². The zero-order valence-corrected chi connectivity index (χ0v) is 26.3. The molecule has 0 radical (unpaired) electrons. The summed E-state index contributed by atoms with van der Waals surface area (Å²) < 4.78 is 17.2. The third-order valence-corrected chi connectivity index (χ3v) is 8.62. The molecule has 0 amide bonds. The Balaban J connectivity index is 4.58. The summed E-state index contributed by atoms with van der Waals surface area (Å²) in [6, 6.07) is 0. The van der Waals surface area contributed by atoms with E-state index in [2.05, 4.69) is 20.8 Å². The Morgan fingerprint density at radius 3 is 0.865 bits per heavy atom. The maximum absolute atomic E-state index is 11.8. The molecule has 0 rings (SSSR count). The molecule has 0 saturated carbocycles. The second kappa shape index (κ2) is 26.3. The molecule has 0 atom stereocenters. The van der Waals surface area contributed by atoms with Gasteiger partial charge in [0, 0.05) is 0 Å². The predicted octanol–water partition coefficient (Wildman–Crippen LogP) is 10.6. The number of phosphoric acid groups is 1. The van der Waals surface area contributed by atoms with E-state index in [1.165, 1.54) is 122 Å². The van der Waals surface area contributed by atoms with Gasteiger partial charge in [-0.3, -0.25) is 0 Å². The molecule has 0 bridgehead atoms. The molecule has 37 heavy (non-hydrogen) atoms. The Morgan fingerprint density at radius 2 is 0.649 bits per heavy atom. The Labute approximate surface area is 232 Å². The number of hydrogen-bond donors (Lipinski definition) is 0. The molecule has 0 aromatic carbocycles. The predicted molar refractivity (Wildman–Crippen MR) is 158 cm³/mol. The Hall–Kier alpha value is 0.110. The van der Waals surface area contributed by atoms with Crippen molar-refractivity contribution in [2.75, 3.05) is 0 Å². The molecule has 0 saturated heterocycles. The van der Waals surface area contributed by atoms with Crippen LogP contribution in [0.25, 0.3) is 0 Å². The van der Waals surface area contributed by atoms with Crippen molar-refractivity contribution in [3.05, 3.63) is 0 Å². The smallest absolute Gasteiger partial charge is 0.0734 e. The maximum Gasteiger partial charge on any atom is 0.0734 e. The third kappa shape index (κ3) is 26.1. The monoisotopic (exact) mass is 544 g/mol. The van der Waals surface area contributed by atoms with Crippen molar-refractivity contribution < 1.29 is 18.9 Å². The summed E-state index contributed by atoms with van der Waals surface area (Å²) in [6.07, 6.45) is 32.8. The quantitative estimate of drug-likeness (QED) is 0.0666. The van der Waals surface area contributed by atoms with Crippen molar-refractivity contribution in [2.24, 2.45) is 0 Å². The van der Waals surface area contributed by atoms with E-state index < -0.39 is 13.4 Å². The van der Waals surface area contributed by atoms with Crippen LogP contribution in [-0.2, 0) is 9.09 Å². The van der Waals surface area contributed by atoms with Gasteiger partial charge in [-0.05, 0) is 19.3 Å². The molecule has 0 aliphatic heterocycles. The minimum Gasteiger partial charge on any atom is -0.790 e. The lowest BCUT2D eigenvalue weighted by atomic mass is 9.85. The summed E-state index contributed by atoms with van der Waals surface area (Å²) in [5.41, 5.74) is -0.772. The first kappa shape index (κ1) is 37.1. The SMILES string of the molecule is CCCCCCCCCCCCC(CCCCCCC)(CCCCCCCCCCCC)OP(=O)([O-])[O-]. The van der Waals surface area contributed by atoms with Crippen molar-refractivity contribution >= 4 is 7.82 Å². The average molecular weight is 545 g/mol. The molecule has 5 heteroatoms. The molecule has 0 heterocycles. The second-order valence-electron chi connectivity index (χ2n) is 11.7. The average Bonchev–Trinajstić information content (AvgIpc) is 2.85. The highest BCUT2D eigenvalue weighted by Gasteiger charge is 2.31. The van der Waals surface area contributed by atoms with Gasteiger partial charge in [-0.1, -0.05) is 181 Å². The van der Waals surface area contributed by atoms with Crippen LogP contribution in [0, 0.1) is 0 Å². The minimum absolute atomic E-state index is 0.708. The molecule has 0 aromatic rings. The van der Waals surface area contributed by atoms with Crippen LogP contribution in [0.15, 0.2) is 0 Å². The zero-order chi connectivity index (χ0) is 27.5. The highest BCUT2D eigenvalue weighted by molar-refractivity contribution is 7.43. The molecular weight excluding hydrogens is 479 g/mol. The topological polar surface area (TPSA) is 72.4 Å². The Kier molecular flexibility index (Phi) is 26.4. The van der Waals surface area contributed by atoms with Crippen molar-refractivity contribution in [2.45, 2.75) is 206 Å². The molecule has 0 aliphatic carbocycles. The van der Waals surface area contributed by atoms with Crippen LogP contribution in [-0.4, -0.2) is 5.60 Å². The third-order valence-electron chi connectivity index (χ3n) is 8.01.